The molecule has 1 saturated carbocycles. The van der Waals surface area contributed by atoms with Crippen LogP contribution in [0, 0.1) is 10.8 Å². The summed E-state index contributed by atoms with van der Waals surface area (Å²) >= 11 is 0. The fourth-order valence-corrected chi connectivity index (χ4v) is 2.43. The smallest absolute Gasteiger partial charge is 0.0705 e. The van der Waals surface area contributed by atoms with E-state index in [1.807, 2.05) is 0 Å². The van der Waals surface area contributed by atoms with Crippen LogP contribution in [0.4, 0.5) is 0 Å². The summed E-state index contributed by atoms with van der Waals surface area (Å²) in [6.07, 6.45) is 1.19. The van der Waals surface area contributed by atoms with Crippen molar-refractivity contribution in [2.75, 3.05) is 20.2 Å². The van der Waals surface area contributed by atoms with Gasteiger partial charge in [-0.25, -0.2) is 0 Å². The van der Waals surface area contributed by atoms with Gasteiger partial charge in [0, 0.05) is 19.7 Å². The number of methoxy groups -OCH3 is 1. The van der Waals surface area contributed by atoms with E-state index in [-0.39, 0.29) is 6.10 Å². The lowest BCUT2D eigenvalue weighted by molar-refractivity contribution is 0.102. The van der Waals surface area contributed by atoms with Crippen LogP contribution < -0.4 is 11.1 Å². The zero-order valence-electron chi connectivity index (χ0n) is 10.8. The zero-order chi connectivity index (χ0) is 11.7. The maximum Gasteiger partial charge on any atom is 0.0705 e. The molecule has 0 heterocycles. The monoisotopic (exact) mass is 214 g/mol. The van der Waals surface area contributed by atoms with Crippen LogP contribution >= 0.6 is 0 Å². The van der Waals surface area contributed by atoms with Crippen molar-refractivity contribution in [2.24, 2.45) is 16.6 Å². The van der Waals surface area contributed by atoms with E-state index < -0.39 is 0 Å². The summed E-state index contributed by atoms with van der Waals surface area (Å²) in [4.78, 5) is 0. The Kier molecular flexibility index (Phi) is 3.80. The molecule has 0 saturated heterocycles. The summed E-state index contributed by atoms with van der Waals surface area (Å²) in [6.45, 7) is 10.9. The van der Waals surface area contributed by atoms with Gasteiger partial charge < -0.3 is 15.8 Å². The molecule has 1 aliphatic rings. The van der Waals surface area contributed by atoms with Crippen molar-refractivity contribution in [3.05, 3.63) is 0 Å². The summed E-state index contributed by atoms with van der Waals surface area (Å²) in [5.74, 6) is 0. The van der Waals surface area contributed by atoms with Gasteiger partial charge in [0.05, 0.1) is 6.10 Å². The van der Waals surface area contributed by atoms with E-state index in [4.69, 9.17) is 10.5 Å². The fourth-order valence-electron chi connectivity index (χ4n) is 2.43. The number of rotatable bonds is 6. The molecule has 0 aromatic carbocycles. The van der Waals surface area contributed by atoms with Gasteiger partial charge in [0.1, 0.15) is 0 Å². The van der Waals surface area contributed by atoms with Crippen LogP contribution in [0.25, 0.3) is 0 Å². The number of hydrogen-bond acceptors (Lipinski definition) is 3. The molecule has 0 radical (unpaired) electrons. The van der Waals surface area contributed by atoms with Crippen LogP contribution in [0.5, 0.6) is 0 Å². The maximum absolute atomic E-state index is 5.57. The third-order valence-corrected chi connectivity index (χ3v) is 4.43. The lowest BCUT2D eigenvalue weighted by atomic mass is 10.0. The SMILES string of the molecule is COC(CN)CCNC1C(C)(C)C1(C)C. The highest BCUT2D eigenvalue weighted by molar-refractivity contribution is 5.17. The molecule has 1 fully saturated rings. The van der Waals surface area contributed by atoms with Gasteiger partial charge in [0.15, 0.2) is 0 Å². The standard InChI is InChI=1S/C12H26N2O/c1-11(2)10(12(11,3)4)14-7-6-9(8-13)15-5/h9-10,14H,6-8,13H2,1-5H3. The first kappa shape index (κ1) is 12.9. The summed E-state index contributed by atoms with van der Waals surface area (Å²) in [5.41, 5.74) is 6.40. The number of nitrogens with two attached hydrogens (primary N) is 1. The van der Waals surface area contributed by atoms with E-state index in [0.29, 0.717) is 23.4 Å². The third kappa shape index (κ3) is 2.35. The summed E-state index contributed by atoms with van der Waals surface area (Å²) < 4.78 is 5.24. The van der Waals surface area contributed by atoms with Crippen molar-refractivity contribution < 1.29 is 4.74 Å². The first-order valence-corrected chi connectivity index (χ1v) is 5.84. The maximum atomic E-state index is 5.57. The minimum Gasteiger partial charge on any atom is -0.380 e. The predicted molar refractivity (Wildman–Crippen MR) is 63.8 cm³/mol. The molecule has 3 heteroatoms. The molecule has 15 heavy (non-hydrogen) atoms. The van der Waals surface area contributed by atoms with E-state index in [1.165, 1.54) is 0 Å². The molecule has 3 N–H and O–H groups in total. The van der Waals surface area contributed by atoms with Gasteiger partial charge in [-0.15, -0.1) is 0 Å². The lowest BCUT2D eigenvalue weighted by Gasteiger charge is -2.13. The second-order valence-electron chi connectivity index (χ2n) is 5.71. The number of hydrogen-bond donors (Lipinski definition) is 2. The largest absolute Gasteiger partial charge is 0.380 e. The van der Waals surface area contributed by atoms with Gasteiger partial charge in [-0.1, -0.05) is 27.7 Å². The summed E-state index contributed by atoms with van der Waals surface area (Å²) in [6, 6.07) is 0.625. The number of nitrogens with one attached hydrogen (secondary N) is 1. The molecule has 3 nitrogen and oxygen atoms in total. The minimum absolute atomic E-state index is 0.197. The van der Waals surface area contributed by atoms with Crippen LogP contribution in [0.3, 0.4) is 0 Å². The molecular weight excluding hydrogens is 188 g/mol. The Labute approximate surface area is 93.8 Å². The molecule has 0 aliphatic heterocycles. The highest BCUT2D eigenvalue weighted by atomic mass is 16.5. The molecule has 1 atom stereocenters. The van der Waals surface area contributed by atoms with Gasteiger partial charge >= 0.3 is 0 Å². The van der Waals surface area contributed by atoms with E-state index >= 15 is 0 Å². The van der Waals surface area contributed by atoms with Crippen LogP contribution in [0.1, 0.15) is 34.1 Å². The van der Waals surface area contributed by atoms with Crippen molar-refractivity contribution in [2.45, 2.75) is 46.3 Å². The van der Waals surface area contributed by atoms with E-state index in [0.717, 1.165) is 13.0 Å². The van der Waals surface area contributed by atoms with Crippen molar-refractivity contribution in [1.29, 1.82) is 0 Å². The lowest BCUT2D eigenvalue weighted by Crippen LogP contribution is -2.30. The second-order valence-corrected chi connectivity index (χ2v) is 5.71. The first-order valence-electron chi connectivity index (χ1n) is 5.84. The quantitative estimate of drug-likeness (QED) is 0.702. The van der Waals surface area contributed by atoms with Crippen molar-refractivity contribution in [3.8, 4) is 0 Å². The molecule has 0 aromatic heterocycles. The van der Waals surface area contributed by atoms with Crippen molar-refractivity contribution >= 4 is 0 Å². The fraction of sp³-hybridized carbons (Fsp3) is 1.00. The minimum atomic E-state index is 0.197. The topological polar surface area (TPSA) is 47.3 Å². The molecule has 1 aliphatic carbocycles. The van der Waals surface area contributed by atoms with Crippen molar-refractivity contribution in [1.82, 2.24) is 5.32 Å². The Balaban J connectivity index is 2.23. The van der Waals surface area contributed by atoms with Gasteiger partial charge in [0.25, 0.3) is 0 Å². The second kappa shape index (κ2) is 4.40. The van der Waals surface area contributed by atoms with Gasteiger partial charge in [-0.3, -0.25) is 0 Å². The van der Waals surface area contributed by atoms with E-state index in [9.17, 15) is 0 Å². The van der Waals surface area contributed by atoms with E-state index in [1.54, 1.807) is 7.11 Å². The van der Waals surface area contributed by atoms with Crippen LogP contribution in [0.15, 0.2) is 0 Å². The third-order valence-electron chi connectivity index (χ3n) is 4.43. The van der Waals surface area contributed by atoms with Crippen LogP contribution in [0.2, 0.25) is 0 Å². The van der Waals surface area contributed by atoms with Gasteiger partial charge in [-0.05, 0) is 23.8 Å². The van der Waals surface area contributed by atoms with E-state index in [2.05, 4.69) is 33.0 Å². The Morgan fingerprint density at radius 2 is 1.80 bits per heavy atom. The van der Waals surface area contributed by atoms with Gasteiger partial charge in [-0.2, -0.15) is 0 Å². The molecular formula is C12H26N2O. The molecule has 90 valence electrons. The molecule has 1 unspecified atom stereocenters. The average Bonchev–Trinajstić information content (AvgIpc) is 2.54. The molecule has 0 amide bonds. The molecule has 0 spiro atoms. The zero-order valence-corrected chi connectivity index (χ0v) is 10.8. The van der Waals surface area contributed by atoms with Crippen molar-refractivity contribution in [3.63, 3.8) is 0 Å². The Hall–Kier alpha value is -0.120. The Morgan fingerprint density at radius 3 is 2.13 bits per heavy atom. The molecule has 1 rings (SSSR count). The summed E-state index contributed by atoms with van der Waals surface area (Å²) in [5, 5.41) is 3.60. The Bertz CT molecular complexity index is 196. The highest BCUT2D eigenvalue weighted by Gasteiger charge is 2.64. The van der Waals surface area contributed by atoms with Gasteiger partial charge in [0.2, 0.25) is 0 Å². The highest BCUT2D eigenvalue weighted by Crippen LogP contribution is 2.62. The average molecular weight is 214 g/mol. The normalized spacial score (nSPS) is 25.2. The Morgan fingerprint density at radius 1 is 1.27 bits per heavy atom. The molecule has 0 aromatic rings. The predicted octanol–water partition coefficient (Wildman–Crippen LogP) is 1.37. The number of ether oxygens (including phenoxy) is 1. The molecule has 0 bridgehead atoms. The van der Waals surface area contributed by atoms with Crippen LogP contribution in [-0.4, -0.2) is 32.3 Å². The first-order chi connectivity index (χ1) is 6.87. The van der Waals surface area contributed by atoms with Crippen LogP contribution in [-0.2, 0) is 4.74 Å². The summed E-state index contributed by atoms with van der Waals surface area (Å²) in [7, 11) is 1.72.